The molecule has 1 unspecified atom stereocenters. The van der Waals surface area contributed by atoms with Gasteiger partial charge in [-0.1, -0.05) is 64.7 Å². The molecule has 4 N–H and O–H groups in total. The van der Waals surface area contributed by atoms with Crippen molar-refractivity contribution in [3.63, 3.8) is 0 Å². The van der Waals surface area contributed by atoms with E-state index in [1.165, 1.54) is 44.9 Å². The Morgan fingerprint density at radius 3 is 2.05 bits per heavy atom. The first-order valence-electron chi connectivity index (χ1n) is 8.84. The van der Waals surface area contributed by atoms with Crippen LogP contribution in [0.5, 0.6) is 0 Å². The molecule has 0 heterocycles. The minimum atomic E-state index is -0.477. The first-order valence-corrected chi connectivity index (χ1v) is 8.84. The van der Waals surface area contributed by atoms with Crippen LogP contribution in [0.15, 0.2) is 0 Å². The van der Waals surface area contributed by atoms with Crippen LogP contribution >= 0.6 is 0 Å². The monoisotopic (exact) mass is 300 g/mol. The van der Waals surface area contributed by atoms with Gasteiger partial charge in [-0.2, -0.15) is 0 Å². The Balaban J connectivity index is 3.28. The second kappa shape index (κ2) is 15.8. The SMILES string of the molecule is CCCCCCCCCCCOC(=O)C(N)CCCCN. The molecule has 4 heteroatoms. The van der Waals surface area contributed by atoms with E-state index in [1.54, 1.807) is 0 Å². The highest BCUT2D eigenvalue weighted by Crippen LogP contribution is 2.09. The van der Waals surface area contributed by atoms with Crippen LogP contribution in [0, 0.1) is 0 Å². The zero-order valence-corrected chi connectivity index (χ0v) is 13.9. The van der Waals surface area contributed by atoms with Gasteiger partial charge in [0.05, 0.1) is 6.61 Å². The maximum atomic E-state index is 11.6. The molecule has 0 radical (unpaired) electrons. The predicted octanol–water partition coefficient (Wildman–Crippen LogP) is 3.52. The molecule has 0 aliphatic heterocycles. The van der Waals surface area contributed by atoms with E-state index in [2.05, 4.69) is 6.92 Å². The molecule has 0 aromatic carbocycles. The van der Waals surface area contributed by atoms with Crippen molar-refractivity contribution in [2.24, 2.45) is 11.5 Å². The fraction of sp³-hybridized carbons (Fsp3) is 0.941. The van der Waals surface area contributed by atoms with Gasteiger partial charge in [0.15, 0.2) is 0 Å². The zero-order valence-electron chi connectivity index (χ0n) is 13.9. The van der Waals surface area contributed by atoms with Gasteiger partial charge in [0.1, 0.15) is 6.04 Å². The third kappa shape index (κ3) is 14.1. The number of rotatable bonds is 15. The summed E-state index contributed by atoms with van der Waals surface area (Å²) in [6.07, 6.45) is 13.9. The van der Waals surface area contributed by atoms with Crippen molar-refractivity contribution in [2.45, 2.75) is 90.0 Å². The maximum absolute atomic E-state index is 11.6. The number of carbonyl (C=O) groups is 1. The summed E-state index contributed by atoms with van der Waals surface area (Å²) in [5.41, 5.74) is 11.2. The Hall–Kier alpha value is -0.610. The van der Waals surface area contributed by atoms with Crippen LogP contribution in [0.3, 0.4) is 0 Å². The van der Waals surface area contributed by atoms with Crippen molar-refractivity contribution in [3.05, 3.63) is 0 Å². The van der Waals surface area contributed by atoms with Crippen LogP contribution in [-0.4, -0.2) is 25.2 Å². The predicted molar refractivity (Wildman–Crippen MR) is 89.1 cm³/mol. The number of hydrogen-bond acceptors (Lipinski definition) is 4. The molecule has 0 saturated heterocycles. The molecule has 0 fully saturated rings. The Bertz CT molecular complexity index is 235. The lowest BCUT2D eigenvalue weighted by molar-refractivity contribution is -0.145. The van der Waals surface area contributed by atoms with Crippen LogP contribution in [0.25, 0.3) is 0 Å². The fourth-order valence-electron chi connectivity index (χ4n) is 2.32. The van der Waals surface area contributed by atoms with Gasteiger partial charge in [0.25, 0.3) is 0 Å². The van der Waals surface area contributed by atoms with E-state index in [0.29, 0.717) is 19.6 Å². The van der Waals surface area contributed by atoms with Gasteiger partial charge in [0.2, 0.25) is 0 Å². The second-order valence-electron chi connectivity index (χ2n) is 5.89. The molecule has 0 amide bonds. The Morgan fingerprint density at radius 2 is 1.48 bits per heavy atom. The van der Waals surface area contributed by atoms with Crippen LogP contribution < -0.4 is 11.5 Å². The third-order valence-electron chi connectivity index (χ3n) is 3.76. The highest BCUT2D eigenvalue weighted by Gasteiger charge is 2.13. The summed E-state index contributed by atoms with van der Waals surface area (Å²) in [6.45, 7) is 3.41. The lowest BCUT2D eigenvalue weighted by Gasteiger charge is -2.11. The molecule has 126 valence electrons. The lowest BCUT2D eigenvalue weighted by Crippen LogP contribution is -2.32. The molecule has 0 bridgehead atoms. The van der Waals surface area contributed by atoms with Crippen LogP contribution in [0.1, 0.15) is 84.0 Å². The van der Waals surface area contributed by atoms with E-state index in [4.69, 9.17) is 16.2 Å². The van der Waals surface area contributed by atoms with Crippen molar-refractivity contribution in [3.8, 4) is 0 Å². The summed E-state index contributed by atoms with van der Waals surface area (Å²) >= 11 is 0. The summed E-state index contributed by atoms with van der Waals surface area (Å²) in [7, 11) is 0. The molecule has 21 heavy (non-hydrogen) atoms. The van der Waals surface area contributed by atoms with Crippen molar-refractivity contribution >= 4 is 5.97 Å². The summed E-state index contributed by atoms with van der Waals surface area (Å²) in [4.78, 5) is 11.6. The fourth-order valence-corrected chi connectivity index (χ4v) is 2.32. The van der Waals surface area contributed by atoms with E-state index >= 15 is 0 Å². The Morgan fingerprint density at radius 1 is 0.905 bits per heavy atom. The number of hydrogen-bond donors (Lipinski definition) is 2. The minimum absolute atomic E-state index is 0.258. The topological polar surface area (TPSA) is 78.3 Å². The summed E-state index contributed by atoms with van der Waals surface area (Å²) in [5.74, 6) is -0.258. The molecule has 0 aliphatic rings. The van der Waals surface area contributed by atoms with E-state index in [-0.39, 0.29) is 5.97 Å². The average molecular weight is 300 g/mol. The zero-order chi connectivity index (χ0) is 15.8. The van der Waals surface area contributed by atoms with Crippen LogP contribution in [0.2, 0.25) is 0 Å². The number of unbranched alkanes of at least 4 members (excludes halogenated alkanes) is 9. The van der Waals surface area contributed by atoms with Gasteiger partial charge in [-0.15, -0.1) is 0 Å². The van der Waals surface area contributed by atoms with Gasteiger partial charge in [-0.05, 0) is 25.8 Å². The summed E-state index contributed by atoms with van der Waals surface area (Å²) in [5, 5.41) is 0. The Kier molecular flexibility index (Phi) is 15.3. The number of carbonyl (C=O) groups excluding carboxylic acids is 1. The van der Waals surface area contributed by atoms with Crippen molar-refractivity contribution < 1.29 is 9.53 Å². The standard InChI is InChI=1S/C17H36N2O2/c1-2-3-4-5-6-7-8-9-12-15-21-17(20)16(19)13-10-11-14-18/h16H,2-15,18-19H2,1H3. The van der Waals surface area contributed by atoms with Crippen molar-refractivity contribution in [1.82, 2.24) is 0 Å². The highest BCUT2D eigenvalue weighted by molar-refractivity contribution is 5.75. The van der Waals surface area contributed by atoms with E-state index in [1.807, 2.05) is 0 Å². The molecule has 0 aromatic heterocycles. The van der Waals surface area contributed by atoms with Crippen LogP contribution in [-0.2, 0) is 9.53 Å². The van der Waals surface area contributed by atoms with Crippen LogP contribution in [0.4, 0.5) is 0 Å². The molecule has 0 spiro atoms. The van der Waals surface area contributed by atoms with Gasteiger partial charge >= 0.3 is 5.97 Å². The van der Waals surface area contributed by atoms with Gasteiger partial charge < -0.3 is 16.2 Å². The summed E-state index contributed by atoms with van der Waals surface area (Å²) < 4.78 is 5.20. The first kappa shape index (κ1) is 20.4. The molecular weight excluding hydrogens is 264 g/mol. The highest BCUT2D eigenvalue weighted by atomic mass is 16.5. The van der Waals surface area contributed by atoms with E-state index < -0.39 is 6.04 Å². The molecule has 0 saturated carbocycles. The minimum Gasteiger partial charge on any atom is -0.465 e. The average Bonchev–Trinajstić information content (AvgIpc) is 2.49. The quantitative estimate of drug-likeness (QED) is 0.358. The number of esters is 1. The second-order valence-corrected chi connectivity index (χ2v) is 5.89. The number of nitrogens with two attached hydrogens (primary N) is 2. The molecule has 0 aliphatic carbocycles. The molecule has 4 nitrogen and oxygen atoms in total. The third-order valence-corrected chi connectivity index (χ3v) is 3.76. The maximum Gasteiger partial charge on any atom is 0.322 e. The van der Waals surface area contributed by atoms with Crippen molar-refractivity contribution in [1.29, 1.82) is 0 Å². The normalized spacial score (nSPS) is 12.3. The van der Waals surface area contributed by atoms with Crippen molar-refractivity contribution in [2.75, 3.05) is 13.2 Å². The van der Waals surface area contributed by atoms with Gasteiger partial charge in [-0.25, -0.2) is 0 Å². The molecule has 0 aromatic rings. The van der Waals surface area contributed by atoms with Gasteiger partial charge in [0, 0.05) is 0 Å². The van der Waals surface area contributed by atoms with E-state index in [9.17, 15) is 4.79 Å². The molecule has 1 atom stereocenters. The lowest BCUT2D eigenvalue weighted by atomic mass is 10.1. The Labute approximate surface area is 131 Å². The molecule has 0 rings (SSSR count). The first-order chi connectivity index (χ1) is 10.2. The van der Waals surface area contributed by atoms with E-state index in [0.717, 1.165) is 25.7 Å². The summed E-state index contributed by atoms with van der Waals surface area (Å²) in [6, 6.07) is -0.477. The largest absolute Gasteiger partial charge is 0.465 e. The molecular formula is C17H36N2O2. The smallest absolute Gasteiger partial charge is 0.322 e. The van der Waals surface area contributed by atoms with Gasteiger partial charge in [-0.3, -0.25) is 4.79 Å². The number of ether oxygens (including phenoxy) is 1.